The van der Waals surface area contributed by atoms with Crippen LogP contribution >= 0.6 is 0 Å². The summed E-state index contributed by atoms with van der Waals surface area (Å²) < 4.78 is 27.3. The van der Waals surface area contributed by atoms with Gasteiger partial charge in [-0.3, -0.25) is 14.4 Å². The maximum atomic E-state index is 13.6. The summed E-state index contributed by atoms with van der Waals surface area (Å²) in [6.45, 7) is 0.192. The molecular formula is C25H31F2N3O4. The Bertz CT molecular complexity index is 1010. The molecule has 4 rings (SSSR count). The van der Waals surface area contributed by atoms with Gasteiger partial charge >= 0.3 is 5.97 Å². The molecule has 0 spiro atoms. The van der Waals surface area contributed by atoms with Crippen LogP contribution in [0.15, 0.2) is 23.8 Å². The second-order valence-corrected chi connectivity index (χ2v) is 9.68. The van der Waals surface area contributed by atoms with E-state index in [-0.39, 0.29) is 50.2 Å². The van der Waals surface area contributed by atoms with Crippen molar-refractivity contribution in [2.45, 2.75) is 88.4 Å². The Morgan fingerprint density at radius 2 is 2.09 bits per heavy atom. The zero-order valence-electron chi connectivity index (χ0n) is 19.1. The van der Waals surface area contributed by atoms with Crippen molar-refractivity contribution < 1.29 is 28.3 Å². The van der Waals surface area contributed by atoms with Crippen LogP contribution in [0.25, 0.3) is 6.08 Å². The summed E-state index contributed by atoms with van der Waals surface area (Å²) in [5.74, 6) is -4.69. The number of fused-ring (bicyclic) bond motifs is 1. The minimum Gasteiger partial charge on any atom is -0.481 e. The number of primary amides is 1. The first-order valence-electron chi connectivity index (χ1n) is 11.9. The molecule has 0 bridgehead atoms. The molecule has 3 atom stereocenters. The molecule has 34 heavy (non-hydrogen) atoms. The lowest BCUT2D eigenvalue weighted by Gasteiger charge is -2.29. The van der Waals surface area contributed by atoms with Gasteiger partial charge in [0.2, 0.25) is 11.8 Å². The van der Waals surface area contributed by atoms with Crippen molar-refractivity contribution in [3.63, 3.8) is 0 Å². The van der Waals surface area contributed by atoms with Gasteiger partial charge in [-0.2, -0.15) is 0 Å². The highest BCUT2D eigenvalue weighted by Crippen LogP contribution is 2.36. The number of aliphatic carboxylic acids is 1. The molecule has 0 aromatic heterocycles. The Kier molecular flexibility index (Phi) is 7.02. The summed E-state index contributed by atoms with van der Waals surface area (Å²) in [7, 11) is 0. The summed E-state index contributed by atoms with van der Waals surface area (Å²) >= 11 is 0. The number of hydrogen-bond acceptors (Lipinski definition) is 4. The van der Waals surface area contributed by atoms with Crippen LogP contribution in [0.2, 0.25) is 0 Å². The fourth-order valence-electron chi connectivity index (χ4n) is 5.41. The molecule has 1 aromatic carbocycles. The zero-order chi connectivity index (χ0) is 24.5. The third kappa shape index (κ3) is 5.46. The molecule has 2 unspecified atom stereocenters. The standard InChI is InChI=1S/C25H31F2N3O4/c26-25(27)10-9-18(13-25)29-20-4-2-1-3-16(20)11-15-5-6-19-17(12-15)14-30(24(19)34)21(23(28)33)7-8-22(31)32/h5-6,11-12,18,20-21,29H,1-4,7-10,13-14H2,(H2,28,33)(H,31,32)/b16-11+/t18-,20?,21?/m1/s1. The lowest BCUT2D eigenvalue weighted by atomic mass is 9.87. The largest absolute Gasteiger partial charge is 0.481 e. The average Bonchev–Trinajstić information content (AvgIpc) is 3.27. The van der Waals surface area contributed by atoms with E-state index >= 15 is 0 Å². The Balaban J connectivity index is 1.49. The van der Waals surface area contributed by atoms with Gasteiger partial charge in [-0.25, -0.2) is 8.78 Å². The summed E-state index contributed by atoms with van der Waals surface area (Å²) in [5.41, 5.74) is 8.80. The fourth-order valence-corrected chi connectivity index (χ4v) is 5.41. The van der Waals surface area contributed by atoms with Gasteiger partial charge in [0.05, 0.1) is 0 Å². The van der Waals surface area contributed by atoms with Gasteiger partial charge in [-0.05, 0) is 55.4 Å². The van der Waals surface area contributed by atoms with Crippen LogP contribution < -0.4 is 11.1 Å². The summed E-state index contributed by atoms with van der Waals surface area (Å²) in [4.78, 5) is 37.1. The first-order chi connectivity index (χ1) is 16.1. The number of hydrogen-bond donors (Lipinski definition) is 3. The van der Waals surface area contributed by atoms with Crippen LogP contribution in [0.4, 0.5) is 8.78 Å². The van der Waals surface area contributed by atoms with Gasteiger partial charge in [-0.1, -0.05) is 24.1 Å². The Morgan fingerprint density at radius 1 is 1.29 bits per heavy atom. The molecule has 1 aliphatic heterocycles. The molecule has 184 valence electrons. The van der Waals surface area contributed by atoms with Gasteiger partial charge in [0.15, 0.2) is 0 Å². The number of alkyl halides is 2. The zero-order valence-corrected chi connectivity index (χ0v) is 19.1. The smallest absolute Gasteiger partial charge is 0.303 e. The minimum atomic E-state index is -2.58. The molecule has 0 radical (unpaired) electrons. The maximum absolute atomic E-state index is 13.6. The van der Waals surface area contributed by atoms with Crippen molar-refractivity contribution >= 4 is 23.9 Å². The van der Waals surface area contributed by atoms with Crippen LogP contribution in [-0.2, 0) is 16.1 Å². The monoisotopic (exact) mass is 475 g/mol. The van der Waals surface area contributed by atoms with E-state index in [1.165, 1.54) is 10.5 Å². The van der Waals surface area contributed by atoms with E-state index in [1.54, 1.807) is 6.07 Å². The number of benzene rings is 1. The molecule has 2 saturated carbocycles. The third-order valence-electron chi connectivity index (χ3n) is 7.15. The molecule has 3 aliphatic rings. The van der Waals surface area contributed by atoms with Crippen LogP contribution in [-0.4, -0.2) is 51.8 Å². The van der Waals surface area contributed by atoms with E-state index in [4.69, 9.17) is 10.8 Å². The summed E-state index contributed by atoms with van der Waals surface area (Å²) in [5, 5.41) is 12.4. The first kappa shape index (κ1) is 24.3. The topological polar surface area (TPSA) is 113 Å². The average molecular weight is 476 g/mol. The molecule has 1 aromatic rings. The predicted octanol–water partition coefficient (Wildman–Crippen LogP) is 3.46. The van der Waals surface area contributed by atoms with Crippen molar-refractivity contribution in [2.75, 3.05) is 0 Å². The molecule has 4 N–H and O–H groups in total. The van der Waals surface area contributed by atoms with Crippen molar-refractivity contribution in [2.24, 2.45) is 5.73 Å². The van der Waals surface area contributed by atoms with Crippen LogP contribution in [0.5, 0.6) is 0 Å². The van der Waals surface area contributed by atoms with Crippen molar-refractivity contribution in [3.8, 4) is 0 Å². The Hall–Kier alpha value is -2.81. The minimum absolute atomic E-state index is 0.0329. The number of nitrogens with one attached hydrogen (secondary N) is 1. The van der Waals surface area contributed by atoms with Gasteiger partial charge < -0.3 is 21.1 Å². The van der Waals surface area contributed by atoms with Crippen LogP contribution in [0.3, 0.4) is 0 Å². The number of carboxylic acid groups (broad SMARTS) is 1. The molecule has 7 nitrogen and oxygen atoms in total. The van der Waals surface area contributed by atoms with E-state index < -0.39 is 23.8 Å². The van der Waals surface area contributed by atoms with E-state index in [0.29, 0.717) is 12.0 Å². The van der Waals surface area contributed by atoms with Crippen molar-refractivity contribution in [3.05, 3.63) is 40.5 Å². The van der Waals surface area contributed by atoms with Crippen LogP contribution in [0, 0.1) is 0 Å². The number of nitrogens with zero attached hydrogens (tertiary/aromatic N) is 1. The van der Waals surface area contributed by atoms with E-state index in [2.05, 4.69) is 11.4 Å². The van der Waals surface area contributed by atoms with E-state index in [0.717, 1.165) is 36.8 Å². The molecule has 2 fully saturated rings. The number of carbonyl (C=O) groups is 3. The number of amides is 2. The predicted molar refractivity (Wildman–Crippen MR) is 122 cm³/mol. The molecule has 2 amide bonds. The highest BCUT2D eigenvalue weighted by Gasteiger charge is 2.40. The van der Waals surface area contributed by atoms with Gasteiger partial charge in [0, 0.05) is 43.5 Å². The normalized spacial score (nSPS) is 26.0. The molecule has 2 aliphatic carbocycles. The van der Waals surface area contributed by atoms with Gasteiger partial charge in [0.25, 0.3) is 5.91 Å². The molecule has 0 saturated heterocycles. The maximum Gasteiger partial charge on any atom is 0.303 e. The lowest BCUT2D eigenvalue weighted by Crippen LogP contribution is -2.45. The SMILES string of the molecule is NC(=O)C(CCC(=O)O)N1Cc2cc(/C=C3\CCCCC3N[C@@H]3CCC(F)(F)C3)ccc2C1=O. The highest BCUT2D eigenvalue weighted by atomic mass is 19.3. The van der Waals surface area contributed by atoms with Crippen molar-refractivity contribution in [1.29, 1.82) is 0 Å². The third-order valence-corrected chi connectivity index (χ3v) is 7.15. The molecule has 9 heteroatoms. The van der Waals surface area contributed by atoms with Gasteiger partial charge in [-0.15, -0.1) is 0 Å². The fraction of sp³-hybridized carbons (Fsp3) is 0.560. The second kappa shape index (κ2) is 9.82. The Morgan fingerprint density at radius 3 is 2.76 bits per heavy atom. The van der Waals surface area contributed by atoms with Gasteiger partial charge in [0.1, 0.15) is 6.04 Å². The lowest BCUT2D eigenvalue weighted by molar-refractivity contribution is -0.137. The Labute approximate surface area is 197 Å². The number of rotatable bonds is 8. The van der Waals surface area contributed by atoms with E-state index in [1.807, 2.05) is 12.1 Å². The van der Waals surface area contributed by atoms with Crippen molar-refractivity contribution in [1.82, 2.24) is 10.2 Å². The van der Waals surface area contributed by atoms with E-state index in [9.17, 15) is 23.2 Å². The summed E-state index contributed by atoms with van der Waals surface area (Å²) in [6.07, 6.45) is 5.99. The first-order valence-corrected chi connectivity index (χ1v) is 11.9. The summed E-state index contributed by atoms with van der Waals surface area (Å²) in [6, 6.07) is 4.39. The number of nitrogens with two attached hydrogens (primary N) is 1. The number of halogens is 2. The second-order valence-electron chi connectivity index (χ2n) is 9.68. The van der Waals surface area contributed by atoms with Crippen LogP contribution in [0.1, 0.15) is 79.3 Å². The number of carboxylic acids is 1. The molecular weight excluding hydrogens is 444 g/mol. The highest BCUT2D eigenvalue weighted by molar-refractivity contribution is 6.01. The molecule has 1 heterocycles. The number of carbonyl (C=O) groups excluding carboxylic acids is 2. The quantitative estimate of drug-likeness (QED) is 0.533.